The fourth-order valence-corrected chi connectivity index (χ4v) is 3.51. The molecule has 2 aliphatic rings. The summed E-state index contributed by atoms with van der Waals surface area (Å²) in [5.74, 6) is 0.901. The van der Waals surface area contributed by atoms with Crippen LogP contribution in [-0.2, 0) is 4.79 Å². The summed E-state index contributed by atoms with van der Waals surface area (Å²) in [4.78, 5) is 15.6. The van der Waals surface area contributed by atoms with Crippen molar-refractivity contribution in [3.05, 3.63) is 0 Å². The normalized spacial score (nSPS) is 29.1. The van der Waals surface area contributed by atoms with Gasteiger partial charge in [-0.25, -0.2) is 0 Å². The number of hydrogen-bond donors (Lipinski definition) is 2. The molecule has 0 aliphatic carbocycles. The second-order valence-electron chi connectivity index (χ2n) is 5.20. The van der Waals surface area contributed by atoms with Crippen LogP contribution in [0.2, 0.25) is 0 Å². The molecular weight excluding hydrogens is 234 g/mol. The summed E-state index contributed by atoms with van der Waals surface area (Å²) in [6, 6.07) is 0.358. The lowest BCUT2D eigenvalue weighted by Gasteiger charge is -2.24. The molecule has 0 aromatic rings. The van der Waals surface area contributed by atoms with Gasteiger partial charge in [0.25, 0.3) is 0 Å². The second-order valence-corrected chi connectivity index (χ2v) is 6.49. The molecule has 2 heterocycles. The predicted octanol–water partition coefficient (Wildman–Crippen LogP) is 1.37. The van der Waals surface area contributed by atoms with E-state index in [0.29, 0.717) is 17.7 Å². The standard InChI is InChI=1S/C12H21N3OS/c1-8(2)5-10-7-14-12(17-10)15-9-3-4-11(16)13-6-9/h8-10H,3-7H2,1-2H3,(H,13,16)(H,14,15). The molecular formula is C12H21N3OS. The number of nitrogens with zero attached hydrogens (tertiary/aromatic N) is 1. The average Bonchev–Trinajstić information content (AvgIpc) is 2.68. The van der Waals surface area contributed by atoms with E-state index in [2.05, 4.69) is 29.5 Å². The van der Waals surface area contributed by atoms with Crippen molar-refractivity contribution in [2.75, 3.05) is 13.1 Å². The predicted molar refractivity (Wildman–Crippen MR) is 72.3 cm³/mol. The summed E-state index contributed by atoms with van der Waals surface area (Å²) in [5.41, 5.74) is 0. The maximum Gasteiger partial charge on any atom is 0.220 e. The van der Waals surface area contributed by atoms with Gasteiger partial charge in [0.2, 0.25) is 5.91 Å². The van der Waals surface area contributed by atoms with Crippen LogP contribution in [0.5, 0.6) is 0 Å². The Balaban J connectivity index is 1.72. The minimum atomic E-state index is 0.168. The van der Waals surface area contributed by atoms with Crippen LogP contribution < -0.4 is 10.6 Å². The highest BCUT2D eigenvalue weighted by Crippen LogP contribution is 2.25. The number of amides is 1. The number of nitrogens with one attached hydrogen (secondary N) is 2. The van der Waals surface area contributed by atoms with Crippen molar-refractivity contribution in [2.24, 2.45) is 10.9 Å². The quantitative estimate of drug-likeness (QED) is 0.801. The minimum absolute atomic E-state index is 0.168. The molecule has 2 aliphatic heterocycles. The van der Waals surface area contributed by atoms with E-state index in [1.54, 1.807) is 0 Å². The van der Waals surface area contributed by atoms with Crippen molar-refractivity contribution in [3.63, 3.8) is 0 Å². The summed E-state index contributed by atoms with van der Waals surface area (Å²) in [6.07, 6.45) is 2.77. The van der Waals surface area contributed by atoms with Gasteiger partial charge >= 0.3 is 0 Å². The number of carbonyl (C=O) groups excluding carboxylic acids is 1. The van der Waals surface area contributed by atoms with E-state index in [4.69, 9.17) is 0 Å². The lowest BCUT2D eigenvalue weighted by atomic mass is 10.1. The Morgan fingerprint density at radius 3 is 3.06 bits per heavy atom. The maximum atomic E-state index is 11.0. The molecule has 2 rings (SSSR count). The van der Waals surface area contributed by atoms with E-state index in [9.17, 15) is 4.79 Å². The molecule has 5 heteroatoms. The highest BCUT2D eigenvalue weighted by molar-refractivity contribution is 8.14. The third kappa shape index (κ3) is 3.91. The Bertz CT molecular complexity index is 307. The monoisotopic (exact) mass is 255 g/mol. The van der Waals surface area contributed by atoms with Gasteiger partial charge in [-0.1, -0.05) is 25.6 Å². The van der Waals surface area contributed by atoms with Gasteiger partial charge in [0.1, 0.15) is 0 Å². The third-order valence-corrected chi connectivity index (χ3v) is 4.19. The maximum absolute atomic E-state index is 11.0. The molecule has 0 spiro atoms. The van der Waals surface area contributed by atoms with Crippen molar-refractivity contribution in [1.82, 2.24) is 10.6 Å². The molecule has 0 aromatic heterocycles. The van der Waals surface area contributed by atoms with E-state index in [1.165, 1.54) is 6.42 Å². The molecule has 0 bridgehead atoms. The molecule has 0 saturated carbocycles. The van der Waals surface area contributed by atoms with E-state index in [-0.39, 0.29) is 5.91 Å². The third-order valence-electron chi connectivity index (χ3n) is 3.04. The number of carbonyl (C=O) groups is 1. The van der Waals surface area contributed by atoms with Gasteiger partial charge in [-0.3, -0.25) is 9.79 Å². The molecule has 2 atom stereocenters. The van der Waals surface area contributed by atoms with E-state index in [1.807, 2.05) is 11.8 Å². The highest BCUT2D eigenvalue weighted by Gasteiger charge is 2.24. The van der Waals surface area contributed by atoms with Crippen LogP contribution in [0.1, 0.15) is 33.1 Å². The number of rotatable bonds is 3. The zero-order valence-corrected chi connectivity index (χ0v) is 11.3. The van der Waals surface area contributed by atoms with E-state index < -0.39 is 0 Å². The second kappa shape index (κ2) is 5.76. The van der Waals surface area contributed by atoms with E-state index in [0.717, 1.165) is 30.6 Å². The molecule has 1 amide bonds. The van der Waals surface area contributed by atoms with Crippen LogP contribution in [0.25, 0.3) is 0 Å². The van der Waals surface area contributed by atoms with Gasteiger partial charge in [0, 0.05) is 24.3 Å². The van der Waals surface area contributed by atoms with Gasteiger partial charge in [-0.15, -0.1) is 0 Å². The average molecular weight is 255 g/mol. The lowest BCUT2D eigenvalue weighted by Crippen LogP contribution is -2.46. The Morgan fingerprint density at radius 2 is 2.41 bits per heavy atom. The van der Waals surface area contributed by atoms with Gasteiger partial charge in [-0.2, -0.15) is 0 Å². The van der Waals surface area contributed by atoms with Gasteiger partial charge in [-0.05, 0) is 18.8 Å². The summed E-state index contributed by atoms with van der Waals surface area (Å²) in [5, 5.41) is 8.02. The minimum Gasteiger partial charge on any atom is -0.360 e. The van der Waals surface area contributed by atoms with Crippen LogP contribution in [0.15, 0.2) is 4.99 Å². The van der Waals surface area contributed by atoms with Crippen LogP contribution in [0.3, 0.4) is 0 Å². The van der Waals surface area contributed by atoms with E-state index >= 15 is 0 Å². The van der Waals surface area contributed by atoms with Crippen LogP contribution in [-0.4, -0.2) is 35.5 Å². The summed E-state index contributed by atoms with van der Waals surface area (Å²) >= 11 is 1.86. The van der Waals surface area contributed by atoms with Crippen LogP contribution in [0, 0.1) is 5.92 Å². The first-order valence-corrected chi connectivity index (χ1v) is 7.26. The van der Waals surface area contributed by atoms with Crippen LogP contribution >= 0.6 is 11.8 Å². The zero-order chi connectivity index (χ0) is 12.3. The molecule has 1 fully saturated rings. The SMILES string of the molecule is CC(C)CC1CN=C(NC2CCC(=O)NC2)S1. The Kier molecular flexibility index (Phi) is 4.31. The molecule has 17 heavy (non-hydrogen) atoms. The van der Waals surface area contributed by atoms with Gasteiger partial charge < -0.3 is 10.6 Å². The van der Waals surface area contributed by atoms with Crippen LogP contribution in [0.4, 0.5) is 0 Å². The van der Waals surface area contributed by atoms with Gasteiger partial charge in [0.05, 0.1) is 6.54 Å². The summed E-state index contributed by atoms with van der Waals surface area (Å²) in [7, 11) is 0. The first-order chi connectivity index (χ1) is 8.13. The van der Waals surface area contributed by atoms with Crippen molar-refractivity contribution in [3.8, 4) is 0 Å². The van der Waals surface area contributed by atoms with Crippen molar-refractivity contribution in [1.29, 1.82) is 0 Å². The number of aliphatic imine (C=N–C) groups is 1. The molecule has 0 aromatic carbocycles. The number of hydrogen-bond acceptors (Lipinski definition) is 4. The summed E-state index contributed by atoms with van der Waals surface area (Å²) < 4.78 is 0. The van der Waals surface area contributed by atoms with Crippen molar-refractivity contribution in [2.45, 2.75) is 44.4 Å². The Morgan fingerprint density at radius 1 is 1.59 bits per heavy atom. The Labute approximate surface area is 107 Å². The smallest absolute Gasteiger partial charge is 0.220 e. The topological polar surface area (TPSA) is 53.5 Å². The first-order valence-electron chi connectivity index (χ1n) is 6.38. The fourth-order valence-electron chi connectivity index (χ4n) is 2.18. The molecule has 0 radical (unpaired) electrons. The molecule has 2 unspecified atom stereocenters. The Hall–Kier alpha value is -0.710. The number of piperidine rings is 1. The van der Waals surface area contributed by atoms with Crippen molar-refractivity contribution >= 4 is 22.8 Å². The van der Waals surface area contributed by atoms with Crippen molar-refractivity contribution < 1.29 is 4.79 Å². The number of amidine groups is 1. The first kappa shape index (κ1) is 12.7. The summed E-state index contributed by atoms with van der Waals surface area (Å²) in [6.45, 7) is 6.17. The molecule has 96 valence electrons. The largest absolute Gasteiger partial charge is 0.360 e. The molecule has 4 nitrogen and oxygen atoms in total. The number of thioether (sulfide) groups is 1. The highest BCUT2D eigenvalue weighted by atomic mass is 32.2. The zero-order valence-electron chi connectivity index (χ0n) is 10.5. The lowest BCUT2D eigenvalue weighted by molar-refractivity contribution is -0.122. The molecule has 1 saturated heterocycles. The fraction of sp³-hybridized carbons (Fsp3) is 0.833. The molecule has 2 N–H and O–H groups in total. The van der Waals surface area contributed by atoms with Gasteiger partial charge in [0.15, 0.2) is 5.17 Å².